The van der Waals surface area contributed by atoms with Gasteiger partial charge >= 0.3 is 0 Å². The van der Waals surface area contributed by atoms with Gasteiger partial charge in [-0.05, 0) is 42.5 Å². The highest BCUT2D eigenvalue weighted by Crippen LogP contribution is 2.26. The van der Waals surface area contributed by atoms with Crippen LogP contribution in [-0.4, -0.2) is 37.6 Å². The second-order valence-corrected chi connectivity index (χ2v) is 9.40. The van der Waals surface area contributed by atoms with Gasteiger partial charge < -0.3 is 10.6 Å². The molecule has 0 heterocycles. The molecule has 3 rings (SSSR count). The minimum absolute atomic E-state index is 0.00841. The normalized spacial score (nSPS) is 11.3. The molecule has 0 aromatic heterocycles. The van der Waals surface area contributed by atoms with E-state index in [2.05, 4.69) is 10.6 Å². The van der Waals surface area contributed by atoms with Crippen LogP contribution in [0.2, 0.25) is 5.02 Å². The lowest BCUT2D eigenvalue weighted by Gasteiger charge is -2.19. The van der Waals surface area contributed by atoms with Gasteiger partial charge in [0, 0.05) is 18.7 Å². The van der Waals surface area contributed by atoms with Crippen molar-refractivity contribution in [3.05, 3.63) is 88.9 Å². The molecule has 0 unspecified atom stereocenters. The molecule has 0 aliphatic carbocycles. The van der Waals surface area contributed by atoms with E-state index in [1.54, 1.807) is 62.4 Å². The van der Waals surface area contributed by atoms with Crippen molar-refractivity contribution >= 4 is 44.8 Å². The van der Waals surface area contributed by atoms with E-state index in [-0.39, 0.29) is 21.4 Å². The minimum Gasteiger partial charge on any atom is -0.320 e. The van der Waals surface area contributed by atoms with Gasteiger partial charge in [-0.25, -0.2) is 8.42 Å². The average molecular weight is 486 g/mol. The van der Waals surface area contributed by atoms with Gasteiger partial charge in [-0.15, -0.1) is 0 Å². The average Bonchev–Trinajstić information content (AvgIpc) is 2.81. The summed E-state index contributed by atoms with van der Waals surface area (Å²) in [4.78, 5) is 25.5. The quantitative estimate of drug-likeness (QED) is 0.475. The lowest BCUT2D eigenvalue weighted by atomic mass is 10.2. The van der Waals surface area contributed by atoms with E-state index in [1.807, 2.05) is 6.07 Å². The zero-order valence-electron chi connectivity index (χ0n) is 18.2. The molecule has 3 aromatic carbocycles. The Hall–Kier alpha value is -3.20. The monoisotopic (exact) mass is 485 g/mol. The molecule has 0 aliphatic rings. The van der Waals surface area contributed by atoms with Gasteiger partial charge in [0.25, 0.3) is 11.8 Å². The van der Waals surface area contributed by atoms with Gasteiger partial charge in [-0.2, -0.15) is 4.31 Å². The van der Waals surface area contributed by atoms with Crippen LogP contribution in [0.15, 0.2) is 77.7 Å². The maximum Gasteiger partial charge on any atom is 0.257 e. The zero-order valence-corrected chi connectivity index (χ0v) is 19.8. The van der Waals surface area contributed by atoms with Gasteiger partial charge in [0.05, 0.1) is 26.9 Å². The van der Waals surface area contributed by atoms with Crippen molar-refractivity contribution in [2.24, 2.45) is 0 Å². The van der Waals surface area contributed by atoms with Crippen LogP contribution in [0, 0.1) is 0 Å². The fourth-order valence-electron chi connectivity index (χ4n) is 3.23. The maximum atomic E-state index is 13.0. The topological polar surface area (TPSA) is 95.6 Å². The second kappa shape index (κ2) is 10.6. The molecule has 0 saturated heterocycles. The zero-order chi connectivity index (χ0) is 24.0. The van der Waals surface area contributed by atoms with Crippen LogP contribution in [0.4, 0.5) is 11.4 Å². The summed E-state index contributed by atoms with van der Waals surface area (Å²) in [6.45, 7) is 4.09. The Kier molecular flexibility index (Phi) is 7.86. The van der Waals surface area contributed by atoms with Crippen molar-refractivity contribution in [3.63, 3.8) is 0 Å². The predicted molar refractivity (Wildman–Crippen MR) is 130 cm³/mol. The van der Waals surface area contributed by atoms with Crippen molar-refractivity contribution in [2.45, 2.75) is 18.7 Å². The molecule has 0 aliphatic heterocycles. The highest BCUT2D eigenvalue weighted by Gasteiger charge is 2.24. The summed E-state index contributed by atoms with van der Waals surface area (Å²) in [5.74, 6) is -0.930. The number of para-hydroxylation sites is 2. The standard InChI is InChI=1S/C24H24ClN3O4S/c1-3-28(4-2)33(31,32)18-14-15-20(25)19(16-18)24(30)27-22-13-9-8-12-21(22)26-23(29)17-10-6-5-7-11-17/h5-16H,3-4H2,1-2H3,(H,26,29)(H,27,30). The molecule has 0 radical (unpaired) electrons. The summed E-state index contributed by atoms with van der Waals surface area (Å²) in [7, 11) is -3.76. The SMILES string of the molecule is CCN(CC)S(=O)(=O)c1ccc(Cl)c(C(=O)Nc2ccccc2NC(=O)c2ccccc2)c1. The Bertz CT molecular complexity index is 1260. The van der Waals surface area contributed by atoms with E-state index in [0.29, 0.717) is 30.0 Å². The number of hydrogen-bond acceptors (Lipinski definition) is 4. The molecular weight excluding hydrogens is 462 g/mol. The van der Waals surface area contributed by atoms with Crippen LogP contribution in [0.3, 0.4) is 0 Å². The highest BCUT2D eigenvalue weighted by molar-refractivity contribution is 7.89. The number of sulfonamides is 1. The van der Waals surface area contributed by atoms with E-state index >= 15 is 0 Å². The van der Waals surface area contributed by atoms with Gasteiger partial charge in [0.1, 0.15) is 0 Å². The molecule has 0 saturated carbocycles. The van der Waals surface area contributed by atoms with Crippen molar-refractivity contribution in [2.75, 3.05) is 23.7 Å². The molecule has 0 atom stereocenters. The molecule has 0 spiro atoms. The van der Waals surface area contributed by atoms with Crippen LogP contribution in [0.5, 0.6) is 0 Å². The third kappa shape index (κ3) is 5.60. The first kappa shape index (κ1) is 24.4. The Labute approximate surface area is 198 Å². The number of anilines is 2. The van der Waals surface area contributed by atoms with Gasteiger partial charge in [0.2, 0.25) is 10.0 Å². The first-order valence-corrected chi connectivity index (χ1v) is 12.2. The lowest BCUT2D eigenvalue weighted by molar-refractivity contribution is 0.101. The molecule has 0 bridgehead atoms. The molecule has 0 fully saturated rings. The predicted octanol–water partition coefficient (Wildman–Crippen LogP) is 4.88. The Morgan fingerprint density at radius 1 is 0.818 bits per heavy atom. The number of halogens is 1. The van der Waals surface area contributed by atoms with Crippen molar-refractivity contribution in [1.82, 2.24) is 4.31 Å². The third-order valence-electron chi connectivity index (χ3n) is 4.99. The first-order valence-electron chi connectivity index (χ1n) is 10.3. The largest absolute Gasteiger partial charge is 0.320 e. The number of rotatable bonds is 8. The maximum absolute atomic E-state index is 13.0. The van der Waals surface area contributed by atoms with Crippen molar-refractivity contribution in [3.8, 4) is 0 Å². The molecule has 9 heteroatoms. The van der Waals surface area contributed by atoms with Crippen LogP contribution >= 0.6 is 11.6 Å². The molecule has 7 nitrogen and oxygen atoms in total. The number of carbonyl (C=O) groups is 2. The number of nitrogens with zero attached hydrogens (tertiary/aromatic N) is 1. The number of benzene rings is 3. The lowest BCUT2D eigenvalue weighted by Crippen LogP contribution is -2.30. The first-order chi connectivity index (χ1) is 15.8. The van der Waals surface area contributed by atoms with Gasteiger partial charge in [0.15, 0.2) is 0 Å². The fourth-order valence-corrected chi connectivity index (χ4v) is 4.91. The van der Waals surface area contributed by atoms with Gasteiger partial charge in [-0.3, -0.25) is 9.59 Å². The molecule has 2 N–H and O–H groups in total. The van der Waals surface area contributed by atoms with E-state index in [9.17, 15) is 18.0 Å². The van der Waals surface area contributed by atoms with Crippen LogP contribution < -0.4 is 10.6 Å². The molecule has 33 heavy (non-hydrogen) atoms. The summed E-state index contributed by atoms with van der Waals surface area (Å²) >= 11 is 6.22. The van der Waals surface area contributed by atoms with Crippen LogP contribution in [0.25, 0.3) is 0 Å². The van der Waals surface area contributed by atoms with Crippen LogP contribution in [-0.2, 0) is 10.0 Å². The highest BCUT2D eigenvalue weighted by atomic mass is 35.5. The van der Waals surface area contributed by atoms with E-state index in [1.165, 1.54) is 22.5 Å². The van der Waals surface area contributed by atoms with Crippen LogP contribution in [0.1, 0.15) is 34.6 Å². The van der Waals surface area contributed by atoms with E-state index in [4.69, 9.17) is 11.6 Å². The van der Waals surface area contributed by atoms with Gasteiger partial charge in [-0.1, -0.05) is 55.8 Å². The Morgan fingerprint density at radius 2 is 1.36 bits per heavy atom. The number of amides is 2. The number of nitrogens with one attached hydrogen (secondary N) is 2. The number of hydrogen-bond donors (Lipinski definition) is 2. The minimum atomic E-state index is -3.76. The summed E-state index contributed by atoms with van der Waals surface area (Å²) in [6.07, 6.45) is 0. The smallest absolute Gasteiger partial charge is 0.257 e. The number of carbonyl (C=O) groups excluding carboxylic acids is 2. The third-order valence-corrected chi connectivity index (χ3v) is 7.36. The van der Waals surface area contributed by atoms with E-state index < -0.39 is 15.9 Å². The molecule has 2 amide bonds. The molecule has 172 valence electrons. The Balaban J connectivity index is 1.87. The molecule has 3 aromatic rings. The van der Waals surface area contributed by atoms with Crippen molar-refractivity contribution in [1.29, 1.82) is 0 Å². The summed E-state index contributed by atoms with van der Waals surface area (Å²) in [5, 5.41) is 5.60. The summed E-state index contributed by atoms with van der Waals surface area (Å²) < 4.78 is 27.0. The second-order valence-electron chi connectivity index (χ2n) is 7.05. The van der Waals surface area contributed by atoms with E-state index in [0.717, 1.165) is 0 Å². The molecular formula is C24H24ClN3O4S. The van der Waals surface area contributed by atoms with Crippen molar-refractivity contribution < 1.29 is 18.0 Å². The summed E-state index contributed by atoms with van der Waals surface area (Å²) in [5.41, 5.74) is 1.22. The fraction of sp³-hybridized carbons (Fsp3) is 0.167. The Morgan fingerprint density at radius 3 is 1.94 bits per heavy atom. The summed E-state index contributed by atoms with van der Waals surface area (Å²) in [6, 6.07) is 19.4.